The van der Waals surface area contributed by atoms with E-state index in [9.17, 15) is 9.59 Å². The third-order valence-electron chi connectivity index (χ3n) is 3.14. The minimum absolute atomic E-state index is 0.128. The van der Waals surface area contributed by atoms with Gasteiger partial charge in [0.2, 0.25) is 5.91 Å². The molecule has 1 aromatic rings. The second-order valence-corrected chi connectivity index (χ2v) is 5.18. The van der Waals surface area contributed by atoms with Crippen LogP contribution >= 0.6 is 11.6 Å². The Bertz CT molecular complexity index is 549. The average Bonchev–Trinajstić information content (AvgIpc) is 2.47. The Morgan fingerprint density at radius 1 is 1.48 bits per heavy atom. The number of nitrogens with two attached hydrogens (primary N) is 1. The molecule has 0 spiro atoms. The molecule has 0 fully saturated rings. The molecule has 1 atom stereocenters. The summed E-state index contributed by atoms with van der Waals surface area (Å²) in [6, 6.07) is 2.98. The smallest absolute Gasteiger partial charge is 0.257 e. The van der Waals surface area contributed by atoms with Gasteiger partial charge in [-0.1, -0.05) is 18.5 Å². The van der Waals surface area contributed by atoms with Gasteiger partial charge >= 0.3 is 0 Å². The number of carbonyl (C=O) groups is 2. The third kappa shape index (κ3) is 4.01. The lowest BCUT2D eigenvalue weighted by molar-refractivity contribution is -0.124. The summed E-state index contributed by atoms with van der Waals surface area (Å²) in [6.07, 6.45) is 0. The first-order chi connectivity index (χ1) is 9.81. The van der Waals surface area contributed by atoms with Crippen LogP contribution in [0, 0.1) is 5.92 Å². The fourth-order valence-corrected chi connectivity index (χ4v) is 2.10. The molecule has 116 valence electrons. The number of amides is 2. The van der Waals surface area contributed by atoms with Crippen LogP contribution in [0.15, 0.2) is 12.1 Å². The highest BCUT2D eigenvalue weighted by Gasteiger charge is 2.22. The van der Waals surface area contributed by atoms with Crippen LogP contribution in [0.5, 0.6) is 5.75 Å². The maximum Gasteiger partial charge on any atom is 0.257 e. The zero-order valence-electron chi connectivity index (χ0n) is 12.6. The maximum atomic E-state index is 12.4. The van der Waals surface area contributed by atoms with E-state index in [0.29, 0.717) is 17.0 Å². The summed E-state index contributed by atoms with van der Waals surface area (Å²) in [5, 5.41) is 2.83. The minimum Gasteiger partial charge on any atom is -0.496 e. The summed E-state index contributed by atoms with van der Waals surface area (Å²) >= 11 is 5.95. The third-order valence-corrected chi connectivity index (χ3v) is 3.46. The van der Waals surface area contributed by atoms with Crippen molar-refractivity contribution in [2.24, 2.45) is 5.92 Å². The number of hydrogen-bond acceptors (Lipinski definition) is 4. The summed E-state index contributed by atoms with van der Waals surface area (Å²) in [4.78, 5) is 25.4. The lowest BCUT2D eigenvalue weighted by Crippen LogP contribution is -2.37. The predicted octanol–water partition coefficient (Wildman–Crippen LogP) is 1.38. The molecule has 1 rings (SSSR count). The number of methoxy groups -OCH3 is 1. The van der Waals surface area contributed by atoms with Gasteiger partial charge in [-0.25, -0.2) is 0 Å². The molecule has 0 saturated heterocycles. The molecule has 1 aromatic carbocycles. The summed E-state index contributed by atoms with van der Waals surface area (Å²) < 4.78 is 5.16. The van der Waals surface area contributed by atoms with Crippen LogP contribution in [-0.4, -0.2) is 44.5 Å². The number of hydrogen-bond donors (Lipinski definition) is 2. The van der Waals surface area contributed by atoms with Crippen LogP contribution in [-0.2, 0) is 4.79 Å². The van der Waals surface area contributed by atoms with E-state index in [1.807, 2.05) is 0 Å². The van der Waals surface area contributed by atoms with Crippen LogP contribution in [0.1, 0.15) is 17.3 Å². The number of rotatable bonds is 5. The van der Waals surface area contributed by atoms with E-state index in [1.165, 1.54) is 24.1 Å². The highest BCUT2D eigenvalue weighted by atomic mass is 35.5. The molecule has 0 saturated carbocycles. The van der Waals surface area contributed by atoms with Crippen molar-refractivity contribution in [2.45, 2.75) is 6.92 Å². The lowest BCUT2D eigenvalue weighted by Gasteiger charge is -2.22. The first-order valence-corrected chi connectivity index (χ1v) is 6.79. The molecule has 1 unspecified atom stereocenters. The van der Waals surface area contributed by atoms with Crippen LogP contribution in [0.2, 0.25) is 5.02 Å². The van der Waals surface area contributed by atoms with Crippen molar-refractivity contribution in [3.05, 3.63) is 22.7 Å². The van der Waals surface area contributed by atoms with Crippen LogP contribution < -0.4 is 15.8 Å². The van der Waals surface area contributed by atoms with Crippen molar-refractivity contribution in [3.8, 4) is 5.75 Å². The zero-order chi connectivity index (χ0) is 16.2. The predicted molar refractivity (Wildman–Crippen MR) is 82.6 cm³/mol. The molecular formula is C14H20ClN3O3. The number of halogens is 1. The summed E-state index contributed by atoms with van der Waals surface area (Å²) in [5.41, 5.74) is 6.34. The maximum absolute atomic E-state index is 12.4. The Labute approximate surface area is 129 Å². The molecule has 0 bridgehead atoms. The second-order valence-electron chi connectivity index (χ2n) is 4.77. The molecule has 0 heterocycles. The van der Waals surface area contributed by atoms with Crippen molar-refractivity contribution in [2.75, 3.05) is 33.5 Å². The first kappa shape index (κ1) is 17.1. The summed E-state index contributed by atoms with van der Waals surface area (Å²) in [7, 11) is 4.63. The Balaban J connectivity index is 2.97. The molecule has 7 heteroatoms. The molecule has 2 amide bonds. The van der Waals surface area contributed by atoms with E-state index >= 15 is 0 Å². The van der Waals surface area contributed by atoms with E-state index in [4.69, 9.17) is 22.1 Å². The number of nitrogens with one attached hydrogen (secondary N) is 1. The number of anilines is 1. The topological polar surface area (TPSA) is 84.7 Å². The van der Waals surface area contributed by atoms with E-state index in [-0.39, 0.29) is 29.3 Å². The van der Waals surface area contributed by atoms with Gasteiger partial charge in [0.05, 0.1) is 29.3 Å². The van der Waals surface area contributed by atoms with Gasteiger partial charge < -0.3 is 20.7 Å². The monoisotopic (exact) mass is 313 g/mol. The van der Waals surface area contributed by atoms with Crippen LogP contribution in [0.3, 0.4) is 0 Å². The van der Waals surface area contributed by atoms with Crippen molar-refractivity contribution in [3.63, 3.8) is 0 Å². The Hall–Kier alpha value is -1.95. The van der Waals surface area contributed by atoms with Crippen molar-refractivity contribution in [1.82, 2.24) is 10.2 Å². The normalized spacial score (nSPS) is 11.7. The molecule has 6 nitrogen and oxygen atoms in total. The van der Waals surface area contributed by atoms with E-state index in [0.717, 1.165) is 0 Å². The van der Waals surface area contributed by atoms with Crippen molar-refractivity contribution < 1.29 is 14.3 Å². The molecule has 0 aliphatic rings. The number of nitrogen functional groups attached to an aromatic ring is 1. The SMILES string of the molecule is CNC(=O)C(C)CN(C)C(=O)c1cc(Cl)c(N)cc1OC. The summed E-state index contributed by atoms with van der Waals surface area (Å²) in [5.74, 6) is -0.387. The Morgan fingerprint density at radius 3 is 2.62 bits per heavy atom. The number of benzene rings is 1. The molecule has 0 radical (unpaired) electrons. The molecule has 0 aliphatic heterocycles. The minimum atomic E-state index is -0.320. The van der Waals surface area contributed by atoms with Gasteiger partial charge in [0.1, 0.15) is 5.75 Å². The molecule has 3 N–H and O–H groups in total. The average molecular weight is 314 g/mol. The van der Waals surface area contributed by atoms with Gasteiger partial charge in [-0.2, -0.15) is 0 Å². The summed E-state index contributed by atoms with van der Waals surface area (Å²) in [6.45, 7) is 2.03. The van der Waals surface area contributed by atoms with Gasteiger partial charge in [-0.05, 0) is 6.07 Å². The number of ether oxygens (including phenoxy) is 1. The molecular weight excluding hydrogens is 294 g/mol. The number of carbonyl (C=O) groups excluding carboxylic acids is 2. The molecule has 21 heavy (non-hydrogen) atoms. The fraction of sp³-hybridized carbons (Fsp3) is 0.429. The van der Waals surface area contributed by atoms with Gasteiger partial charge in [0.25, 0.3) is 5.91 Å². The van der Waals surface area contributed by atoms with E-state index < -0.39 is 0 Å². The van der Waals surface area contributed by atoms with Gasteiger partial charge in [-0.15, -0.1) is 0 Å². The van der Waals surface area contributed by atoms with Gasteiger partial charge in [0.15, 0.2) is 0 Å². The van der Waals surface area contributed by atoms with E-state index in [2.05, 4.69) is 5.32 Å². The highest BCUT2D eigenvalue weighted by Crippen LogP contribution is 2.29. The standard InChI is InChI=1S/C14H20ClN3O3/c1-8(13(19)17-2)7-18(3)14(20)9-5-10(15)11(16)6-12(9)21-4/h5-6,8H,7,16H2,1-4H3,(H,17,19). The van der Waals surface area contributed by atoms with Crippen molar-refractivity contribution >= 4 is 29.1 Å². The fourth-order valence-electron chi connectivity index (χ4n) is 1.93. The molecule has 0 aromatic heterocycles. The highest BCUT2D eigenvalue weighted by molar-refractivity contribution is 6.33. The van der Waals surface area contributed by atoms with Gasteiger partial charge in [-0.3, -0.25) is 9.59 Å². The van der Waals surface area contributed by atoms with Crippen molar-refractivity contribution in [1.29, 1.82) is 0 Å². The lowest BCUT2D eigenvalue weighted by atomic mass is 10.1. The second kappa shape index (κ2) is 7.17. The quantitative estimate of drug-likeness (QED) is 0.804. The largest absolute Gasteiger partial charge is 0.496 e. The first-order valence-electron chi connectivity index (χ1n) is 6.41. The van der Waals surface area contributed by atoms with E-state index in [1.54, 1.807) is 21.0 Å². The molecule has 0 aliphatic carbocycles. The Kier molecular flexibility index (Phi) is 5.84. The van der Waals surface area contributed by atoms with Gasteiger partial charge in [0, 0.05) is 26.7 Å². The number of nitrogens with zero attached hydrogens (tertiary/aromatic N) is 1. The Morgan fingerprint density at radius 2 is 2.10 bits per heavy atom. The zero-order valence-corrected chi connectivity index (χ0v) is 13.3. The van der Waals surface area contributed by atoms with Crippen LogP contribution in [0.4, 0.5) is 5.69 Å². The van der Waals surface area contributed by atoms with Crippen LogP contribution in [0.25, 0.3) is 0 Å².